The van der Waals surface area contributed by atoms with Gasteiger partial charge >= 0.3 is 0 Å². The normalized spacial score (nSPS) is 17.9. The highest BCUT2D eigenvalue weighted by Crippen LogP contribution is 2.18. The fourth-order valence-electron chi connectivity index (χ4n) is 2.42. The molecule has 3 rings (SSSR count). The maximum absolute atomic E-state index is 13.8. The van der Waals surface area contributed by atoms with E-state index in [2.05, 4.69) is 25.6 Å². The molecule has 0 aliphatic carbocycles. The van der Waals surface area contributed by atoms with Crippen LogP contribution in [0.25, 0.3) is 0 Å². The summed E-state index contributed by atoms with van der Waals surface area (Å²) in [5, 5.41) is 6.29. The number of nitrogens with one attached hydrogen (secondary N) is 2. The fraction of sp³-hybridized carbons (Fsp3) is 0.400. The Bertz CT molecular complexity index is 608. The lowest BCUT2D eigenvalue weighted by molar-refractivity contribution is 0.528. The van der Waals surface area contributed by atoms with E-state index in [0.29, 0.717) is 29.8 Å². The Morgan fingerprint density at radius 3 is 2.95 bits per heavy atom. The van der Waals surface area contributed by atoms with Crippen molar-refractivity contribution < 1.29 is 4.39 Å². The van der Waals surface area contributed by atoms with Crippen LogP contribution in [0.3, 0.4) is 0 Å². The van der Waals surface area contributed by atoms with Gasteiger partial charge in [0.25, 0.3) is 0 Å². The highest BCUT2D eigenvalue weighted by Gasteiger charge is 2.18. The molecule has 21 heavy (non-hydrogen) atoms. The zero-order valence-corrected chi connectivity index (χ0v) is 11.9. The second kappa shape index (κ2) is 6.13. The predicted octanol–water partition coefficient (Wildman–Crippen LogP) is 2.21. The molecule has 1 atom stereocenters. The van der Waals surface area contributed by atoms with Crippen LogP contribution in [-0.4, -0.2) is 28.0 Å². The molecule has 3 heterocycles. The quantitative estimate of drug-likeness (QED) is 0.902. The third kappa shape index (κ3) is 3.52. The van der Waals surface area contributed by atoms with Crippen LogP contribution in [0.5, 0.6) is 0 Å². The summed E-state index contributed by atoms with van der Waals surface area (Å²) in [5.74, 6) is 1.14. The number of aryl methyl sites for hydroxylation is 1. The Labute approximate surface area is 123 Å². The van der Waals surface area contributed by atoms with Crippen molar-refractivity contribution in [3.05, 3.63) is 41.6 Å². The van der Waals surface area contributed by atoms with Gasteiger partial charge in [-0.05, 0) is 50.4 Å². The number of anilines is 2. The van der Waals surface area contributed by atoms with Crippen LogP contribution in [-0.2, 0) is 6.42 Å². The van der Waals surface area contributed by atoms with E-state index in [1.54, 1.807) is 6.20 Å². The van der Waals surface area contributed by atoms with Crippen molar-refractivity contribution in [2.75, 3.05) is 18.4 Å². The summed E-state index contributed by atoms with van der Waals surface area (Å²) >= 11 is 0. The fourth-order valence-corrected chi connectivity index (χ4v) is 2.42. The maximum atomic E-state index is 13.8. The first-order valence-electron chi connectivity index (χ1n) is 7.12. The summed E-state index contributed by atoms with van der Waals surface area (Å²) in [7, 11) is 0. The topological polar surface area (TPSA) is 62.7 Å². The van der Waals surface area contributed by atoms with Crippen LogP contribution in [0.2, 0.25) is 0 Å². The highest BCUT2D eigenvalue weighted by atomic mass is 19.1. The summed E-state index contributed by atoms with van der Waals surface area (Å²) in [6.07, 6.45) is 4.68. The van der Waals surface area contributed by atoms with Gasteiger partial charge in [0.05, 0.1) is 11.9 Å². The Balaban J connectivity index is 1.74. The molecule has 0 amide bonds. The lowest BCUT2D eigenvalue weighted by Crippen LogP contribution is -2.13. The van der Waals surface area contributed by atoms with E-state index >= 15 is 0 Å². The molecule has 0 bridgehead atoms. The summed E-state index contributed by atoms with van der Waals surface area (Å²) in [6, 6.07) is 3.80. The van der Waals surface area contributed by atoms with Crippen LogP contribution in [0.1, 0.15) is 17.7 Å². The summed E-state index contributed by atoms with van der Waals surface area (Å²) in [4.78, 5) is 12.5. The van der Waals surface area contributed by atoms with Crippen LogP contribution in [0.15, 0.2) is 24.5 Å². The van der Waals surface area contributed by atoms with E-state index < -0.39 is 0 Å². The molecule has 2 aromatic heterocycles. The zero-order chi connectivity index (χ0) is 14.7. The monoisotopic (exact) mass is 287 g/mol. The molecule has 1 saturated heterocycles. The summed E-state index contributed by atoms with van der Waals surface area (Å²) in [6.45, 7) is 3.89. The minimum atomic E-state index is -0.343. The van der Waals surface area contributed by atoms with E-state index in [0.717, 1.165) is 25.1 Å². The van der Waals surface area contributed by atoms with Crippen molar-refractivity contribution in [1.29, 1.82) is 0 Å². The van der Waals surface area contributed by atoms with E-state index in [4.69, 9.17) is 0 Å². The molecule has 0 saturated carbocycles. The van der Waals surface area contributed by atoms with Gasteiger partial charge in [-0.15, -0.1) is 0 Å². The van der Waals surface area contributed by atoms with Crippen molar-refractivity contribution >= 4 is 11.8 Å². The van der Waals surface area contributed by atoms with E-state index in [1.807, 2.05) is 19.1 Å². The van der Waals surface area contributed by atoms with Crippen LogP contribution in [0.4, 0.5) is 16.2 Å². The van der Waals surface area contributed by atoms with Crippen molar-refractivity contribution in [2.45, 2.75) is 19.8 Å². The molecule has 5 nitrogen and oxygen atoms in total. The number of nitrogens with zero attached hydrogens (tertiary/aromatic N) is 3. The lowest BCUT2D eigenvalue weighted by Gasteiger charge is -2.10. The first-order chi connectivity index (χ1) is 10.2. The van der Waals surface area contributed by atoms with Crippen LogP contribution < -0.4 is 10.6 Å². The average molecular weight is 287 g/mol. The average Bonchev–Trinajstić information content (AvgIpc) is 2.98. The van der Waals surface area contributed by atoms with Crippen molar-refractivity contribution in [3.8, 4) is 0 Å². The van der Waals surface area contributed by atoms with Crippen molar-refractivity contribution in [3.63, 3.8) is 0 Å². The SMILES string of the molecule is Cc1ccc(Nc2ncc(F)c(C[C@@H]3CCNC3)n2)nc1. The third-order valence-electron chi connectivity index (χ3n) is 3.61. The molecular weight excluding hydrogens is 269 g/mol. The number of halogens is 1. The Morgan fingerprint density at radius 2 is 2.24 bits per heavy atom. The molecule has 2 N–H and O–H groups in total. The van der Waals surface area contributed by atoms with Crippen LogP contribution in [0, 0.1) is 18.7 Å². The molecule has 2 aromatic rings. The lowest BCUT2D eigenvalue weighted by atomic mass is 10.0. The number of hydrogen-bond donors (Lipinski definition) is 2. The molecule has 6 heteroatoms. The number of aromatic nitrogens is 3. The van der Waals surface area contributed by atoms with Gasteiger partial charge in [0, 0.05) is 6.20 Å². The number of rotatable bonds is 4. The van der Waals surface area contributed by atoms with Crippen LogP contribution >= 0.6 is 0 Å². The largest absolute Gasteiger partial charge is 0.316 e. The zero-order valence-electron chi connectivity index (χ0n) is 11.9. The standard InChI is InChI=1S/C15H18FN5/c1-10-2-3-14(18-7-10)21-15-19-9-12(16)13(20-15)6-11-4-5-17-8-11/h2-3,7,9,11,17H,4-6,8H2,1H3,(H,18,19,20,21)/t11-/m0/s1. The van der Waals surface area contributed by atoms with Gasteiger partial charge in [0.1, 0.15) is 5.82 Å². The minimum Gasteiger partial charge on any atom is -0.316 e. The molecule has 0 aromatic carbocycles. The maximum Gasteiger partial charge on any atom is 0.228 e. The minimum absolute atomic E-state index is 0.343. The first kappa shape index (κ1) is 13.9. The van der Waals surface area contributed by atoms with Crippen molar-refractivity contribution in [1.82, 2.24) is 20.3 Å². The highest BCUT2D eigenvalue weighted by molar-refractivity contribution is 5.47. The number of pyridine rings is 1. The molecule has 110 valence electrons. The van der Waals surface area contributed by atoms with Crippen molar-refractivity contribution in [2.24, 2.45) is 5.92 Å². The Morgan fingerprint density at radius 1 is 1.33 bits per heavy atom. The summed E-state index contributed by atoms with van der Waals surface area (Å²) < 4.78 is 13.8. The first-order valence-corrected chi connectivity index (χ1v) is 7.12. The van der Waals surface area contributed by atoms with Gasteiger partial charge in [-0.3, -0.25) is 0 Å². The molecule has 1 fully saturated rings. The molecule has 1 aliphatic rings. The number of hydrogen-bond acceptors (Lipinski definition) is 5. The Hall–Kier alpha value is -2.08. The molecule has 0 radical (unpaired) electrons. The smallest absolute Gasteiger partial charge is 0.228 e. The third-order valence-corrected chi connectivity index (χ3v) is 3.61. The second-order valence-corrected chi connectivity index (χ2v) is 5.40. The van der Waals surface area contributed by atoms with Gasteiger partial charge in [-0.2, -0.15) is 0 Å². The molecule has 1 aliphatic heterocycles. The molecule has 0 spiro atoms. The molecular formula is C15H18FN5. The van der Waals surface area contributed by atoms with E-state index in [9.17, 15) is 4.39 Å². The van der Waals surface area contributed by atoms with E-state index in [-0.39, 0.29) is 5.82 Å². The van der Waals surface area contributed by atoms with Gasteiger partial charge in [-0.1, -0.05) is 6.07 Å². The second-order valence-electron chi connectivity index (χ2n) is 5.40. The molecule has 0 unspecified atom stereocenters. The predicted molar refractivity (Wildman–Crippen MR) is 78.9 cm³/mol. The Kier molecular flexibility index (Phi) is 4.06. The summed E-state index contributed by atoms with van der Waals surface area (Å²) in [5.41, 5.74) is 1.54. The van der Waals surface area contributed by atoms with Gasteiger partial charge in [-0.25, -0.2) is 19.3 Å². The van der Waals surface area contributed by atoms with Gasteiger partial charge < -0.3 is 10.6 Å². The van der Waals surface area contributed by atoms with Gasteiger partial charge in [0.2, 0.25) is 5.95 Å². The van der Waals surface area contributed by atoms with Gasteiger partial charge in [0.15, 0.2) is 5.82 Å². The van der Waals surface area contributed by atoms with E-state index in [1.165, 1.54) is 6.20 Å².